The molecule has 0 unspecified atom stereocenters. The Bertz CT molecular complexity index is 520. The van der Waals surface area contributed by atoms with Gasteiger partial charge in [0.25, 0.3) is 10.1 Å². The molecular formula is C16H29NO5S. The summed E-state index contributed by atoms with van der Waals surface area (Å²) >= 11 is 0. The molecule has 0 aliphatic rings. The fraction of sp³-hybridized carbons (Fsp3) is 0.625. The number of hydroxylamine groups is 1. The maximum absolute atomic E-state index is 10.5. The number of benzene rings is 1. The van der Waals surface area contributed by atoms with Gasteiger partial charge in [0.15, 0.2) is 0 Å². The van der Waals surface area contributed by atoms with Crippen LogP contribution in [-0.4, -0.2) is 36.8 Å². The van der Waals surface area contributed by atoms with Gasteiger partial charge in [0.1, 0.15) is 0 Å². The van der Waals surface area contributed by atoms with E-state index in [1.54, 1.807) is 12.1 Å². The van der Waals surface area contributed by atoms with Crippen molar-refractivity contribution in [1.82, 2.24) is 5.48 Å². The van der Waals surface area contributed by atoms with Gasteiger partial charge in [-0.2, -0.15) is 8.42 Å². The molecule has 0 fully saturated rings. The lowest BCUT2D eigenvalue weighted by molar-refractivity contribution is -0.0726. The first kappa shape index (κ1) is 22.0. The second kappa shape index (κ2) is 10.7. The highest BCUT2D eigenvalue weighted by atomic mass is 32.2. The lowest BCUT2D eigenvalue weighted by atomic mass is 10.2. The Hall–Kier alpha value is -0.990. The second-order valence-corrected chi connectivity index (χ2v) is 7.60. The number of hydrogen-bond acceptors (Lipinski definition) is 5. The van der Waals surface area contributed by atoms with E-state index in [1.165, 1.54) is 12.1 Å². The quantitative estimate of drug-likeness (QED) is 0.399. The fourth-order valence-electron chi connectivity index (χ4n) is 1.46. The summed E-state index contributed by atoms with van der Waals surface area (Å²) in [5.74, 6) is 0. The van der Waals surface area contributed by atoms with Gasteiger partial charge in [0.05, 0.1) is 10.5 Å². The third-order valence-electron chi connectivity index (χ3n) is 2.63. The van der Waals surface area contributed by atoms with Gasteiger partial charge in [-0.3, -0.25) is 9.39 Å². The highest BCUT2D eigenvalue weighted by molar-refractivity contribution is 7.85. The molecule has 7 heteroatoms. The average Bonchev–Trinajstić information content (AvgIpc) is 2.42. The molecule has 0 aliphatic carbocycles. The molecule has 0 bridgehead atoms. The molecule has 1 aromatic rings. The first-order chi connectivity index (χ1) is 10.6. The molecule has 0 spiro atoms. The standard InChI is InChI=1S/C9H21NO2.C7H8O3S/c1-9(2,3)12-10-7-5-4-6-8-11;1-6-2-4-7(5-3-6)11(8,9)10/h10-11H,4-8H2,1-3H3;2-5H,1H3,(H,8,9,10). The zero-order valence-electron chi connectivity index (χ0n) is 14.4. The normalized spacial score (nSPS) is 11.7. The molecule has 0 aliphatic heterocycles. The van der Waals surface area contributed by atoms with Crippen molar-refractivity contribution in [3.05, 3.63) is 29.8 Å². The van der Waals surface area contributed by atoms with Crippen LogP contribution in [0.25, 0.3) is 0 Å². The summed E-state index contributed by atoms with van der Waals surface area (Å²) in [5.41, 5.74) is 3.74. The Morgan fingerprint density at radius 1 is 1.09 bits per heavy atom. The maximum Gasteiger partial charge on any atom is 0.294 e. The minimum atomic E-state index is -4.02. The van der Waals surface area contributed by atoms with Gasteiger partial charge in [0, 0.05) is 13.2 Å². The predicted octanol–water partition coefficient (Wildman–Crippen LogP) is 2.71. The van der Waals surface area contributed by atoms with Crippen LogP contribution in [-0.2, 0) is 15.0 Å². The van der Waals surface area contributed by atoms with Gasteiger partial charge in [-0.05, 0) is 59.1 Å². The van der Waals surface area contributed by atoms with E-state index in [-0.39, 0.29) is 10.5 Å². The van der Waals surface area contributed by atoms with Crippen molar-refractivity contribution in [3.8, 4) is 0 Å². The summed E-state index contributed by atoms with van der Waals surface area (Å²) < 4.78 is 29.6. The van der Waals surface area contributed by atoms with Crippen molar-refractivity contribution in [2.75, 3.05) is 13.2 Å². The Morgan fingerprint density at radius 3 is 2.09 bits per heavy atom. The molecule has 1 rings (SSSR count). The summed E-state index contributed by atoms with van der Waals surface area (Å²) in [7, 11) is -4.02. The molecule has 6 nitrogen and oxygen atoms in total. The van der Waals surface area contributed by atoms with E-state index in [4.69, 9.17) is 14.5 Å². The SMILES string of the molecule is CC(C)(C)ONCCCCCO.Cc1ccc(S(=O)(=O)O)cc1. The molecule has 0 heterocycles. The Morgan fingerprint density at radius 2 is 1.65 bits per heavy atom. The summed E-state index contributed by atoms with van der Waals surface area (Å²) in [6, 6.07) is 5.99. The molecular weight excluding hydrogens is 318 g/mol. The van der Waals surface area contributed by atoms with Crippen molar-refractivity contribution in [2.24, 2.45) is 0 Å². The van der Waals surface area contributed by atoms with E-state index in [0.29, 0.717) is 6.61 Å². The van der Waals surface area contributed by atoms with E-state index in [9.17, 15) is 8.42 Å². The molecule has 3 N–H and O–H groups in total. The predicted molar refractivity (Wildman–Crippen MR) is 90.8 cm³/mol. The van der Waals surface area contributed by atoms with Gasteiger partial charge < -0.3 is 5.11 Å². The molecule has 0 radical (unpaired) electrons. The smallest absolute Gasteiger partial charge is 0.294 e. The molecule has 0 amide bonds. The molecule has 0 aromatic heterocycles. The highest BCUT2D eigenvalue weighted by Crippen LogP contribution is 2.08. The largest absolute Gasteiger partial charge is 0.396 e. The molecule has 23 heavy (non-hydrogen) atoms. The number of aryl methyl sites for hydroxylation is 1. The summed E-state index contributed by atoms with van der Waals surface area (Å²) in [4.78, 5) is 5.23. The van der Waals surface area contributed by atoms with Crippen LogP contribution in [0.2, 0.25) is 0 Å². The Balaban J connectivity index is 0.000000422. The lowest BCUT2D eigenvalue weighted by Crippen LogP contribution is -2.29. The van der Waals surface area contributed by atoms with Gasteiger partial charge in [-0.1, -0.05) is 17.7 Å². The van der Waals surface area contributed by atoms with E-state index >= 15 is 0 Å². The van der Waals surface area contributed by atoms with Gasteiger partial charge >= 0.3 is 0 Å². The third-order valence-corrected chi connectivity index (χ3v) is 3.50. The van der Waals surface area contributed by atoms with E-state index in [2.05, 4.69) is 5.48 Å². The zero-order valence-corrected chi connectivity index (χ0v) is 15.2. The van der Waals surface area contributed by atoms with Crippen molar-refractivity contribution in [2.45, 2.75) is 57.5 Å². The number of nitrogens with one attached hydrogen (secondary N) is 1. The molecule has 134 valence electrons. The van der Waals surface area contributed by atoms with Crippen LogP contribution in [0.15, 0.2) is 29.2 Å². The Labute approximate surface area is 139 Å². The summed E-state index contributed by atoms with van der Waals surface area (Å²) in [6.45, 7) is 9.01. The molecule has 1 aromatic carbocycles. The van der Waals surface area contributed by atoms with Gasteiger partial charge in [-0.15, -0.1) is 0 Å². The van der Waals surface area contributed by atoms with Crippen molar-refractivity contribution < 1.29 is 22.9 Å². The van der Waals surface area contributed by atoms with Crippen LogP contribution < -0.4 is 5.48 Å². The van der Waals surface area contributed by atoms with Gasteiger partial charge in [0.2, 0.25) is 0 Å². The minimum Gasteiger partial charge on any atom is -0.396 e. The highest BCUT2D eigenvalue weighted by Gasteiger charge is 2.09. The number of hydrogen-bond donors (Lipinski definition) is 3. The number of aliphatic hydroxyl groups is 1. The van der Waals surface area contributed by atoms with Crippen LogP contribution in [0.1, 0.15) is 45.6 Å². The van der Waals surface area contributed by atoms with Crippen molar-refractivity contribution in [3.63, 3.8) is 0 Å². The first-order valence-electron chi connectivity index (χ1n) is 7.62. The molecule has 0 saturated heterocycles. The molecule has 0 saturated carbocycles. The van der Waals surface area contributed by atoms with Crippen molar-refractivity contribution in [1.29, 1.82) is 0 Å². The van der Waals surface area contributed by atoms with Crippen LogP contribution in [0.3, 0.4) is 0 Å². The minimum absolute atomic E-state index is 0.0666. The van der Waals surface area contributed by atoms with Crippen LogP contribution in [0, 0.1) is 6.92 Å². The number of aliphatic hydroxyl groups excluding tert-OH is 1. The summed E-state index contributed by atoms with van der Waals surface area (Å²) in [6.07, 6.45) is 2.99. The maximum atomic E-state index is 10.5. The second-order valence-electron chi connectivity index (χ2n) is 6.18. The van der Waals surface area contributed by atoms with E-state index in [0.717, 1.165) is 31.4 Å². The van der Waals surface area contributed by atoms with Crippen LogP contribution in [0.4, 0.5) is 0 Å². The lowest BCUT2D eigenvalue weighted by Gasteiger charge is -2.19. The van der Waals surface area contributed by atoms with Crippen molar-refractivity contribution >= 4 is 10.1 Å². The van der Waals surface area contributed by atoms with E-state index < -0.39 is 10.1 Å². The fourth-order valence-corrected chi connectivity index (χ4v) is 1.94. The Kier molecular flexibility index (Phi) is 10.3. The van der Waals surface area contributed by atoms with Crippen LogP contribution >= 0.6 is 0 Å². The number of unbranched alkanes of at least 4 members (excludes halogenated alkanes) is 2. The zero-order chi connectivity index (χ0) is 17.9. The molecule has 0 atom stereocenters. The topological polar surface area (TPSA) is 95.9 Å². The van der Waals surface area contributed by atoms with Gasteiger partial charge in [-0.25, -0.2) is 5.48 Å². The monoisotopic (exact) mass is 347 g/mol. The first-order valence-corrected chi connectivity index (χ1v) is 9.06. The number of rotatable bonds is 7. The van der Waals surface area contributed by atoms with E-state index in [1.807, 2.05) is 27.7 Å². The van der Waals surface area contributed by atoms with Crippen LogP contribution in [0.5, 0.6) is 0 Å². The summed E-state index contributed by atoms with van der Waals surface area (Å²) in [5, 5.41) is 8.50. The average molecular weight is 347 g/mol. The third kappa shape index (κ3) is 13.2.